The van der Waals surface area contributed by atoms with Gasteiger partial charge in [0.25, 0.3) is 5.91 Å². The van der Waals surface area contributed by atoms with Crippen molar-refractivity contribution in [3.05, 3.63) is 42.0 Å². The first-order valence-electron chi connectivity index (χ1n) is 5.59. The van der Waals surface area contributed by atoms with Crippen molar-refractivity contribution in [2.75, 3.05) is 7.11 Å². The number of amides is 1. The van der Waals surface area contributed by atoms with Gasteiger partial charge in [0.15, 0.2) is 0 Å². The fraction of sp³-hybridized carbons (Fsp3) is 0.0714. The molecule has 0 bridgehead atoms. The van der Waals surface area contributed by atoms with Crippen LogP contribution in [0.2, 0.25) is 0 Å². The van der Waals surface area contributed by atoms with Gasteiger partial charge in [-0.3, -0.25) is 4.79 Å². The van der Waals surface area contributed by atoms with Gasteiger partial charge in [-0.25, -0.2) is 0 Å². The number of benzene rings is 2. The second kappa shape index (κ2) is 3.77. The highest BCUT2D eigenvalue weighted by Gasteiger charge is 2.16. The molecule has 0 unspecified atom stereocenters. The Kier molecular flexibility index (Phi) is 2.23. The second-order valence-corrected chi connectivity index (χ2v) is 4.10. The number of nitrogens with two attached hydrogens (primary N) is 1. The van der Waals surface area contributed by atoms with Crippen molar-refractivity contribution >= 4 is 27.7 Å². The topological polar surface area (TPSA) is 68.1 Å². The summed E-state index contributed by atoms with van der Waals surface area (Å²) < 4.78 is 5.19. The Morgan fingerprint density at radius 2 is 1.94 bits per heavy atom. The molecule has 0 aliphatic heterocycles. The monoisotopic (exact) mass is 240 g/mol. The third-order valence-electron chi connectivity index (χ3n) is 3.11. The van der Waals surface area contributed by atoms with E-state index in [1.807, 2.05) is 30.3 Å². The van der Waals surface area contributed by atoms with Crippen molar-refractivity contribution in [1.29, 1.82) is 0 Å². The summed E-state index contributed by atoms with van der Waals surface area (Å²) >= 11 is 0. The average molecular weight is 240 g/mol. The van der Waals surface area contributed by atoms with Crippen LogP contribution >= 0.6 is 0 Å². The normalized spacial score (nSPS) is 10.9. The number of ether oxygens (including phenoxy) is 1. The number of para-hydroxylation sites is 1. The Bertz CT molecular complexity index is 759. The molecular formula is C14H12N2O2. The largest absolute Gasteiger partial charge is 0.496 e. The van der Waals surface area contributed by atoms with Crippen LogP contribution in [-0.4, -0.2) is 18.0 Å². The van der Waals surface area contributed by atoms with E-state index in [1.54, 1.807) is 6.07 Å². The Hall–Kier alpha value is -2.49. The van der Waals surface area contributed by atoms with E-state index in [0.717, 1.165) is 21.8 Å². The highest BCUT2D eigenvalue weighted by atomic mass is 16.5. The van der Waals surface area contributed by atoms with Crippen molar-refractivity contribution in [2.24, 2.45) is 5.73 Å². The molecule has 0 atom stereocenters. The van der Waals surface area contributed by atoms with E-state index < -0.39 is 5.91 Å². The highest BCUT2D eigenvalue weighted by molar-refractivity contribution is 6.16. The van der Waals surface area contributed by atoms with Gasteiger partial charge >= 0.3 is 0 Å². The molecule has 4 heteroatoms. The van der Waals surface area contributed by atoms with Gasteiger partial charge in [-0.2, -0.15) is 0 Å². The van der Waals surface area contributed by atoms with Crippen LogP contribution in [0, 0.1) is 0 Å². The van der Waals surface area contributed by atoms with Gasteiger partial charge in [-0.05, 0) is 18.2 Å². The average Bonchev–Trinajstić information content (AvgIpc) is 2.75. The third-order valence-corrected chi connectivity index (χ3v) is 3.11. The molecule has 0 fully saturated rings. The zero-order valence-electron chi connectivity index (χ0n) is 9.86. The summed E-state index contributed by atoms with van der Waals surface area (Å²) in [6.45, 7) is 0. The molecule has 0 saturated heterocycles. The van der Waals surface area contributed by atoms with E-state index in [0.29, 0.717) is 11.3 Å². The molecule has 3 aromatic rings. The van der Waals surface area contributed by atoms with Crippen LogP contribution in [0.4, 0.5) is 0 Å². The molecule has 0 aliphatic carbocycles. The first-order valence-corrected chi connectivity index (χ1v) is 5.59. The molecule has 3 N–H and O–H groups in total. The van der Waals surface area contributed by atoms with Gasteiger partial charge in [0.1, 0.15) is 11.3 Å². The molecule has 0 aliphatic rings. The van der Waals surface area contributed by atoms with Gasteiger partial charge < -0.3 is 15.5 Å². The van der Waals surface area contributed by atoms with Crippen molar-refractivity contribution in [3.63, 3.8) is 0 Å². The minimum absolute atomic E-state index is 0.395. The fourth-order valence-corrected chi connectivity index (χ4v) is 2.31. The minimum Gasteiger partial charge on any atom is -0.496 e. The van der Waals surface area contributed by atoms with Gasteiger partial charge in [-0.1, -0.05) is 18.2 Å². The van der Waals surface area contributed by atoms with Gasteiger partial charge in [0.2, 0.25) is 0 Å². The number of fused-ring (bicyclic) bond motifs is 3. The van der Waals surface area contributed by atoms with E-state index in [2.05, 4.69) is 4.98 Å². The van der Waals surface area contributed by atoms with E-state index in [-0.39, 0.29) is 0 Å². The van der Waals surface area contributed by atoms with Crippen molar-refractivity contribution in [1.82, 2.24) is 4.98 Å². The van der Waals surface area contributed by atoms with Crippen LogP contribution in [0.15, 0.2) is 36.4 Å². The minimum atomic E-state index is -0.496. The maximum Gasteiger partial charge on any atom is 0.254 e. The summed E-state index contributed by atoms with van der Waals surface area (Å²) in [6.07, 6.45) is 0. The fourth-order valence-electron chi connectivity index (χ4n) is 2.31. The lowest BCUT2D eigenvalue weighted by molar-refractivity contribution is 0.0999. The molecule has 90 valence electrons. The lowest BCUT2D eigenvalue weighted by Gasteiger charge is -2.06. The van der Waals surface area contributed by atoms with Crippen molar-refractivity contribution < 1.29 is 9.53 Å². The van der Waals surface area contributed by atoms with Crippen LogP contribution in [0.5, 0.6) is 5.75 Å². The smallest absolute Gasteiger partial charge is 0.254 e. The molecule has 1 heterocycles. The van der Waals surface area contributed by atoms with Crippen molar-refractivity contribution in [3.8, 4) is 5.75 Å². The number of aromatic amines is 1. The summed E-state index contributed by atoms with van der Waals surface area (Å²) in [7, 11) is 1.52. The molecular weight excluding hydrogens is 228 g/mol. The highest BCUT2D eigenvalue weighted by Crippen LogP contribution is 2.32. The quantitative estimate of drug-likeness (QED) is 0.722. The molecule has 3 rings (SSSR count). The number of hydrogen-bond acceptors (Lipinski definition) is 2. The van der Waals surface area contributed by atoms with Gasteiger partial charge in [-0.15, -0.1) is 0 Å². The standard InChI is InChI=1S/C14H12N2O2/c1-18-11-7-6-9-8-4-2-3-5-10(8)16-13(9)12(11)14(15)17/h2-7,16H,1H3,(H2,15,17). The summed E-state index contributed by atoms with van der Waals surface area (Å²) in [6, 6.07) is 11.6. The second-order valence-electron chi connectivity index (χ2n) is 4.10. The molecule has 4 nitrogen and oxygen atoms in total. The van der Waals surface area contributed by atoms with E-state index in [4.69, 9.17) is 10.5 Å². The van der Waals surface area contributed by atoms with Crippen LogP contribution in [0.1, 0.15) is 10.4 Å². The molecule has 1 amide bonds. The SMILES string of the molecule is COc1ccc2c([nH]c3ccccc32)c1C(N)=O. The maximum atomic E-state index is 11.6. The predicted octanol–water partition coefficient (Wildman–Crippen LogP) is 2.43. The zero-order chi connectivity index (χ0) is 12.7. The lowest BCUT2D eigenvalue weighted by Crippen LogP contribution is -2.13. The van der Waals surface area contributed by atoms with Crippen LogP contribution in [0.3, 0.4) is 0 Å². The summed E-state index contributed by atoms with van der Waals surface area (Å²) in [4.78, 5) is 14.8. The first kappa shape index (κ1) is 10.7. The number of methoxy groups -OCH3 is 1. The molecule has 0 saturated carbocycles. The Morgan fingerprint density at radius 1 is 1.17 bits per heavy atom. The number of carbonyl (C=O) groups is 1. The Morgan fingerprint density at radius 3 is 2.67 bits per heavy atom. The molecule has 2 aromatic carbocycles. The number of H-pyrrole nitrogens is 1. The predicted molar refractivity (Wildman–Crippen MR) is 70.9 cm³/mol. The van der Waals surface area contributed by atoms with Crippen molar-refractivity contribution in [2.45, 2.75) is 0 Å². The molecule has 18 heavy (non-hydrogen) atoms. The number of aromatic nitrogens is 1. The molecule has 0 spiro atoms. The van der Waals surface area contributed by atoms with Crippen LogP contribution in [0.25, 0.3) is 21.8 Å². The lowest BCUT2D eigenvalue weighted by atomic mass is 10.1. The number of hydrogen-bond donors (Lipinski definition) is 2. The first-order chi connectivity index (χ1) is 8.72. The number of carbonyl (C=O) groups excluding carboxylic acids is 1. The summed E-state index contributed by atoms with van der Waals surface area (Å²) in [5, 5.41) is 2.04. The zero-order valence-corrected chi connectivity index (χ0v) is 9.86. The molecule has 0 radical (unpaired) electrons. The van der Waals surface area contributed by atoms with E-state index in [1.165, 1.54) is 7.11 Å². The van der Waals surface area contributed by atoms with Crippen LogP contribution in [-0.2, 0) is 0 Å². The third kappa shape index (κ3) is 1.35. The number of primary amides is 1. The summed E-state index contributed by atoms with van der Waals surface area (Å²) in [5.74, 6) is -0.00874. The Labute approximate surface area is 103 Å². The number of rotatable bonds is 2. The van der Waals surface area contributed by atoms with Gasteiger partial charge in [0.05, 0.1) is 12.6 Å². The van der Waals surface area contributed by atoms with Crippen LogP contribution < -0.4 is 10.5 Å². The van der Waals surface area contributed by atoms with E-state index >= 15 is 0 Å². The summed E-state index contributed by atoms with van der Waals surface area (Å²) in [5.41, 5.74) is 7.53. The Balaban J connectivity index is 2.51. The van der Waals surface area contributed by atoms with Gasteiger partial charge in [0, 0.05) is 16.3 Å². The number of nitrogens with one attached hydrogen (secondary N) is 1. The molecule has 1 aromatic heterocycles. The van der Waals surface area contributed by atoms with E-state index in [9.17, 15) is 4.79 Å². The maximum absolute atomic E-state index is 11.6.